The van der Waals surface area contributed by atoms with E-state index in [1.165, 1.54) is 0 Å². The minimum absolute atomic E-state index is 0.0311. The highest BCUT2D eigenvalue weighted by molar-refractivity contribution is 8.45. The van der Waals surface area contributed by atoms with Crippen LogP contribution in [0.15, 0.2) is 35.2 Å². The lowest BCUT2D eigenvalue weighted by atomic mass is 9.95. The van der Waals surface area contributed by atoms with Crippen molar-refractivity contribution in [2.75, 3.05) is 12.4 Å². The van der Waals surface area contributed by atoms with Crippen LogP contribution in [0.4, 0.5) is 34.0 Å². The molecule has 204 valence electrons. The molecule has 0 unspecified atom stereocenters. The van der Waals surface area contributed by atoms with E-state index in [0.717, 1.165) is 23.9 Å². The van der Waals surface area contributed by atoms with Gasteiger partial charge in [0.15, 0.2) is 5.69 Å². The number of carbonyl (C=O) groups excluding carboxylic acids is 1. The molecule has 1 saturated carbocycles. The third-order valence-corrected chi connectivity index (χ3v) is 7.53. The van der Waals surface area contributed by atoms with E-state index < -0.39 is 53.9 Å². The first-order chi connectivity index (χ1) is 17.4. The van der Waals surface area contributed by atoms with Gasteiger partial charge in [-0.1, -0.05) is 42.6 Å². The van der Waals surface area contributed by atoms with Crippen molar-refractivity contribution in [3.63, 3.8) is 0 Å². The maximum absolute atomic E-state index is 13.7. The number of hydrogen-bond donors (Lipinski definition) is 1. The summed E-state index contributed by atoms with van der Waals surface area (Å²) in [6.45, 7) is -0.325. The molecule has 0 atom stereocenters. The lowest BCUT2D eigenvalue weighted by Gasteiger charge is -2.40. The van der Waals surface area contributed by atoms with E-state index in [9.17, 15) is 38.3 Å². The summed E-state index contributed by atoms with van der Waals surface area (Å²) in [6.07, 6.45) is 0.405. The number of anilines is 1. The molecule has 4 rings (SSSR count). The molecule has 0 bridgehead atoms. The molecule has 1 heterocycles. The standard InChI is InChI=1S/C22H15Cl2F7N4O2S/c1-37-21(36)22(2-3-22)18-17(9-32)34-35(20(18)33-10-11-4-12(25)6-13(26)5-11)19-15(23)7-14(8-16(19)24)38(27,28,29,30)31/h4-8,33H,2-3,10H2,1H3. The fraction of sp³-hybridized carbons (Fsp3) is 0.227. The van der Waals surface area contributed by atoms with Gasteiger partial charge in [0.1, 0.15) is 34.1 Å². The number of halogens is 9. The Bertz CT molecular complexity index is 1490. The van der Waals surface area contributed by atoms with Gasteiger partial charge >= 0.3 is 16.2 Å². The van der Waals surface area contributed by atoms with Crippen LogP contribution in [0.5, 0.6) is 0 Å². The number of hydrogen-bond acceptors (Lipinski definition) is 5. The third-order valence-electron chi connectivity index (χ3n) is 5.83. The van der Waals surface area contributed by atoms with Crippen LogP contribution >= 0.6 is 33.4 Å². The molecule has 1 aliphatic rings. The van der Waals surface area contributed by atoms with Gasteiger partial charge in [-0.3, -0.25) is 4.79 Å². The van der Waals surface area contributed by atoms with Crippen molar-refractivity contribution in [2.45, 2.75) is 29.7 Å². The molecule has 0 radical (unpaired) electrons. The molecule has 0 amide bonds. The molecule has 2 aromatic carbocycles. The van der Waals surface area contributed by atoms with Crippen LogP contribution < -0.4 is 5.32 Å². The summed E-state index contributed by atoms with van der Waals surface area (Å²) in [5.74, 6) is -2.75. The van der Waals surface area contributed by atoms with Crippen molar-refractivity contribution in [2.24, 2.45) is 0 Å². The molecular formula is C22H15Cl2F7N4O2S. The van der Waals surface area contributed by atoms with Gasteiger partial charge in [-0.2, -0.15) is 10.4 Å². The Hall–Kier alpha value is -3.15. The largest absolute Gasteiger partial charge is 0.468 e. The van der Waals surface area contributed by atoms with Gasteiger partial charge in [-0.05, 0) is 42.7 Å². The average molecular weight is 603 g/mol. The van der Waals surface area contributed by atoms with Crippen LogP contribution in [0.2, 0.25) is 10.0 Å². The van der Waals surface area contributed by atoms with Crippen LogP contribution in [0, 0.1) is 23.0 Å². The molecule has 0 saturated heterocycles. The van der Waals surface area contributed by atoms with E-state index in [2.05, 4.69) is 10.4 Å². The second-order valence-electron chi connectivity index (χ2n) is 8.51. The number of aromatic nitrogens is 2. The third kappa shape index (κ3) is 5.10. The van der Waals surface area contributed by atoms with Gasteiger partial charge < -0.3 is 10.1 Å². The summed E-state index contributed by atoms with van der Waals surface area (Å²) in [6, 6.07) is 4.31. The number of nitriles is 1. The van der Waals surface area contributed by atoms with Gasteiger partial charge in [0.2, 0.25) is 0 Å². The summed E-state index contributed by atoms with van der Waals surface area (Å²) in [5, 5.41) is 14.7. The number of methoxy groups -OCH3 is 1. The molecule has 1 N–H and O–H groups in total. The quantitative estimate of drug-likeness (QED) is 0.220. The number of esters is 1. The fourth-order valence-electron chi connectivity index (χ4n) is 4.02. The minimum atomic E-state index is -10.2. The summed E-state index contributed by atoms with van der Waals surface area (Å²) < 4.78 is 100. The Morgan fingerprint density at radius 1 is 1.11 bits per heavy atom. The smallest absolute Gasteiger partial charge is 0.316 e. The molecule has 1 fully saturated rings. The van der Waals surface area contributed by atoms with E-state index in [-0.39, 0.29) is 54.2 Å². The Kier molecular flexibility index (Phi) is 6.18. The van der Waals surface area contributed by atoms with Crippen LogP contribution in [0.25, 0.3) is 5.69 Å². The van der Waals surface area contributed by atoms with Crippen molar-refractivity contribution in [1.82, 2.24) is 9.78 Å². The molecule has 0 aliphatic heterocycles. The highest BCUT2D eigenvalue weighted by Gasteiger charge is 2.66. The second-order valence-corrected chi connectivity index (χ2v) is 11.7. The maximum atomic E-state index is 13.7. The summed E-state index contributed by atoms with van der Waals surface area (Å²) >= 11 is 12.0. The van der Waals surface area contributed by atoms with Crippen molar-refractivity contribution < 1.29 is 37.7 Å². The SMILES string of the molecule is COC(=O)C1(c2c(C#N)nn(-c3c(Cl)cc(S(F)(F)(F)(F)F)cc3Cl)c2NCc2cc(F)cc(F)c2)CC1. The highest BCUT2D eigenvalue weighted by atomic mass is 35.5. The fourth-order valence-corrected chi connectivity index (χ4v) is 5.48. The Labute approximate surface area is 220 Å². The summed E-state index contributed by atoms with van der Waals surface area (Å²) in [7, 11) is -9.07. The predicted molar refractivity (Wildman–Crippen MR) is 126 cm³/mol. The van der Waals surface area contributed by atoms with Crippen molar-refractivity contribution in [1.29, 1.82) is 5.26 Å². The van der Waals surface area contributed by atoms with Crippen molar-refractivity contribution in [3.05, 3.63) is 68.8 Å². The zero-order valence-electron chi connectivity index (χ0n) is 19.0. The lowest BCUT2D eigenvalue weighted by Crippen LogP contribution is -2.24. The highest BCUT2D eigenvalue weighted by Crippen LogP contribution is 3.02. The van der Waals surface area contributed by atoms with E-state index in [1.54, 1.807) is 6.07 Å². The lowest BCUT2D eigenvalue weighted by molar-refractivity contribution is -0.143. The number of benzene rings is 2. The molecular weight excluding hydrogens is 588 g/mol. The molecule has 16 heteroatoms. The van der Waals surface area contributed by atoms with Crippen LogP contribution in [-0.2, 0) is 21.5 Å². The number of nitrogens with zero attached hydrogens (tertiary/aromatic N) is 3. The molecule has 0 spiro atoms. The second kappa shape index (κ2) is 8.42. The van der Waals surface area contributed by atoms with Crippen LogP contribution in [-0.4, -0.2) is 22.9 Å². The average Bonchev–Trinajstić information content (AvgIpc) is 3.50. The topological polar surface area (TPSA) is 79.9 Å². The van der Waals surface area contributed by atoms with Crippen molar-refractivity contribution >= 4 is 45.2 Å². The first-order valence-corrected chi connectivity index (χ1v) is 13.2. The zero-order valence-corrected chi connectivity index (χ0v) is 21.3. The predicted octanol–water partition coefficient (Wildman–Crippen LogP) is 7.80. The molecule has 38 heavy (non-hydrogen) atoms. The van der Waals surface area contributed by atoms with Gasteiger partial charge in [0.25, 0.3) is 0 Å². The van der Waals surface area contributed by atoms with E-state index in [1.807, 2.05) is 0 Å². The number of nitrogens with one attached hydrogen (secondary N) is 1. The molecule has 3 aromatic rings. The number of ether oxygens (including phenoxy) is 1. The van der Waals surface area contributed by atoms with Gasteiger partial charge in [-0.25, -0.2) is 13.5 Å². The van der Waals surface area contributed by atoms with E-state index >= 15 is 0 Å². The monoisotopic (exact) mass is 602 g/mol. The summed E-state index contributed by atoms with van der Waals surface area (Å²) in [4.78, 5) is 10.3. The Balaban J connectivity index is 1.94. The zero-order chi connectivity index (χ0) is 28.3. The maximum Gasteiger partial charge on any atom is 0.316 e. The van der Waals surface area contributed by atoms with Gasteiger partial charge in [0.05, 0.1) is 28.1 Å². The molecule has 1 aromatic heterocycles. The van der Waals surface area contributed by atoms with Crippen LogP contribution in [0.1, 0.15) is 29.7 Å². The van der Waals surface area contributed by atoms with Gasteiger partial charge in [-0.15, -0.1) is 0 Å². The van der Waals surface area contributed by atoms with E-state index in [4.69, 9.17) is 27.9 Å². The first kappa shape index (κ1) is 27.9. The minimum Gasteiger partial charge on any atom is -0.468 e. The Morgan fingerprint density at radius 3 is 2.11 bits per heavy atom. The summed E-state index contributed by atoms with van der Waals surface area (Å²) in [5.41, 5.74) is -2.24. The Morgan fingerprint density at radius 2 is 1.66 bits per heavy atom. The van der Waals surface area contributed by atoms with Crippen LogP contribution in [0.3, 0.4) is 0 Å². The van der Waals surface area contributed by atoms with Crippen molar-refractivity contribution in [3.8, 4) is 11.8 Å². The van der Waals surface area contributed by atoms with Gasteiger partial charge in [0, 0.05) is 12.6 Å². The number of rotatable bonds is 7. The molecule has 1 aliphatic carbocycles. The number of carbonyl (C=O) groups is 1. The first-order valence-electron chi connectivity index (χ1n) is 10.4. The normalized spacial score (nSPS) is 16.2. The molecule has 6 nitrogen and oxygen atoms in total. The van der Waals surface area contributed by atoms with E-state index in [0.29, 0.717) is 6.07 Å².